The van der Waals surface area contributed by atoms with Crippen LogP contribution in [-0.2, 0) is 26.2 Å². The fourth-order valence-corrected chi connectivity index (χ4v) is 5.11. The van der Waals surface area contributed by atoms with Gasteiger partial charge in [0.05, 0.1) is 19.1 Å². The van der Waals surface area contributed by atoms with E-state index in [4.69, 9.17) is 4.74 Å². The summed E-state index contributed by atoms with van der Waals surface area (Å²) in [7, 11) is -2.06. The van der Waals surface area contributed by atoms with Crippen molar-refractivity contribution < 1.29 is 22.7 Å². The number of benzene rings is 2. The molecular formula is C28H41N3O5S. The molecular weight excluding hydrogens is 490 g/mol. The number of aryl methyl sites for hydroxylation is 1. The number of hydrogen-bond donors (Lipinski definition) is 1. The summed E-state index contributed by atoms with van der Waals surface area (Å²) in [6, 6.07) is 14.0. The molecule has 1 N–H and O–H groups in total. The number of amides is 2. The van der Waals surface area contributed by atoms with Crippen molar-refractivity contribution in [1.29, 1.82) is 0 Å². The Balaban J connectivity index is 2.25. The maximum atomic E-state index is 13.5. The van der Waals surface area contributed by atoms with Crippen molar-refractivity contribution in [2.45, 2.75) is 72.0 Å². The van der Waals surface area contributed by atoms with E-state index < -0.39 is 21.6 Å². The van der Waals surface area contributed by atoms with Gasteiger partial charge < -0.3 is 15.0 Å². The van der Waals surface area contributed by atoms with E-state index in [1.165, 1.54) is 11.4 Å². The van der Waals surface area contributed by atoms with Gasteiger partial charge in [-0.1, -0.05) is 42.8 Å². The van der Waals surface area contributed by atoms with E-state index >= 15 is 0 Å². The van der Waals surface area contributed by atoms with E-state index in [0.717, 1.165) is 17.4 Å². The summed E-state index contributed by atoms with van der Waals surface area (Å²) in [5, 5.41) is 3.00. The molecule has 1 unspecified atom stereocenters. The van der Waals surface area contributed by atoms with Crippen LogP contribution in [0.4, 0.5) is 5.69 Å². The molecule has 0 heterocycles. The van der Waals surface area contributed by atoms with Crippen molar-refractivity contribution in [1.82, 2.24) is 10.2 Å². The Morgan fingerprint density at radius 2 is 1.76 bits per heavy atom. The van der Waals surface area contributed by atoms with Crippen LogP contribution in [0.25, 0.3) is 0 Å². The number of ether oxygens (including phenoxy) is 1. The van der Waals surface area contributed by atoms with Crippen molar-refractivity contribution in [3.8, 4) is 5.75 Å². The van der Waals surface area contributed by atoms with E-state index in [0.29, 0.717) is 30.8 Å². The molecule has 0 aliphatic heterocycles. The molecule has 9 heteroatoms. The third kappa shape index (κ3) is 9.39. The molecule has 0 saturated carbocycles. The largest absolute Gasteiger partial charge is 0.497 e. The van der Waals surface area contributed by atoms with Gasteiger partial charge in [-0.3, -0.25) is 13.9 Å². The topological polar surface area (TPSA) is 96.0 Å². The molecule has 2 aromatic carbocycles. The second kappa shape index (κ2) is 12.9. The molecule has 0 bridgehead atoms. The molecule has 0 spiro atoms. The van der Waals surface area contributed by atoms with Crippen molar-refractivity contribution >= 4 is 27.5 Å². The van der Waals surface area contributed by atoms with E-state index in [-0.39, 0.29) is 24.8 Å². The van der Waals surface area contributed by atoms with Crippen LogP contribution in [0.15, 0.2) is 48.5 Å². The number of methoxy groups -OCH3 is 1. The highest BCUT2D eigenvalue weighted by molar-refractivity contribution is 7.92. The minimum absolute atomic E-state index is 0.0983. The third-order valence-corrected chi connectivity index (χ3v) is 7.01. The lowest BCUT2D eigenvalue weighted by Gasteiger charge is -2.33. The fourth-order valence-electron chi connectivity index (χ4n) is 4.15. The van der Waals surface area contributed by atoms with Gasteiger partial charge >= 0.3 is 0 Å². The summed E-state index contributed by atoms with van der Waals surface area (Å²) in [6.45, 7) is 10.0. The Kier molecular flexibility index (Phi) is 10.5. The number of rotatable bonds is 12. The van der Waals surface area contributed by atoms with Gasteiger partial charge in [-0.2, -0.15) is 0 Å². The molecule has 0 radical (unpaired) electrons. The van der Waals surface area contributed by atoms with Crippen LogP contribution in [0.1, 0.15) is 58.1 Å². The number of carbonyl (C=O) groups is 2. The van der Waals surface area contributed by atoms with Gasteiger partial charge in [0, 0.05) is 31.1 Å². The van der Waals surface area contributed by atoms with E-state index in [2.05, 4.69) is 5.32 Å². The number of sulfonamides is 1. The van der Waals surface area contributed by atoms with E-state index in [9.17, 15) is 18.0 Å². The molecule has 0 aliphatic carbocycles. The Hall–Kier alpha value is -3.07. The monoisotopic (exact) mass is 531 g/mol. The average molecular weight is 532 g/mol. The van der Waals surface area contributed by atoms with E-state index in [1.54, 1.807) is 29.2 Å². The molecule has 204 valence electrons. The Morgan fingerprint density at radius 1 is 1.08 bits per heavy atom. The summed E-state index contributed by atoms with van der Waals surface area (Å²) < 4.78 is 31.6. The smallest absolute Gasteiger partial charge is 0.243 e. The molecule has 2 aromatic rings. The number of nitrogens with one attached hydrogen (secondary N) is 1. The van der Waals surface area contributed by atoms with Crippen LogP contribution in [0.3, 0.4) is 0 Å². The standard InChI is InChI=1S/C28H41N3O5S/c1-8-25(27(33)29-28(3,4)5)30(20-22-13-9-12-21(2)18-22)26(32)16-11-17-31(37(7,34)35)23-14-10-15-24(19-23)36-6/h9-10,12-15,18-19,25H,8,11,16-17,20H2,1-7H3,(H,29,33). The Bertz CT molecular complexity index is 1170. The van der Waals surface area contributed by atoms with Gasteiger partial charge in [-0.15, -0.1) is 0 Å². The molecule has 0 fully saturated rings. The van der Waals surface area contributed by atoms with Gasteiger partial charge in [-0.05, 0) is 58.2 Å². The second-order valence-electron chi connectivity index (χ2n) is 10.3. The highest BCUT2D eigenvalue weighted by atomic mass is 32.2. The van der Waals surface area contributed by atoms with Crippen molar-refractivity contribution in [2.75, 3.05) is 24.2 Å². The average Bonchev–Trinajstić information content (AvgIpc) is 2.79. The first-order valence-corrected chi connectivity index (χ1v) is 14.4. The molecule has 1 atom stereocenters. The molecule has 0 aliphatic rings. The molecule has 2 amide bonds. The first-order valence-electron chi connectivity index (χ1n) is 12.5. The summed E-state index contributed by atoms with van der Waals surface area (Å²) in [5.41, 5.74) is 2.04. The van der Waals surface area contributed by atoms with Gasteiger partial charge in [-0.25, -0.2) is 8.42 Å². The Labute approximate surface area is 222 Å². The van der Waals surface area contributed by atoms with Gasteiger partial charge in [0.15, 0.2) is 0 Å². The zero-order valence-corrected chi connectivity index (χ0v) is 23.9. The van der Waals surface area contributed by atoms with E-state index in [1.807, 2.05) is 58.9 Å². The Morgan fingerprint density at radius 3 is 2.32 bits per heavy atom. The lowest BCUT2D eigenvalue weighted by Crippen LogP contribution is -2.53. The van der Waals surface area contributed by atoms with Crippen LogP contribution < -0.4 is 14.4 Å². The molecule has 37 heavy (non-hydrogen) atoms. The number of nitrogens with zero attached hydrogens (tertiary/aromatic N) is 2. The van der Waals surface area contributed by atoms with Gasteiger partial charge in [0.2, 0.25) is 21.8 Å². The summed E-state index contributed by atoms with van der Waals surface area (Å²) >= 11 is 0. The highest BCUT2D eigenvalue weighted by Crippen LogP contribution is 2.24. The predicted molar refractivity (Wildman–Crippen MR) is 148 cm³/mol. The minimum Gasteiger partial charge on any atom is -0.497 e. The lowest BCUT2D eigenvalue weighted by atomic mass is 10.0. The third-order valence-electron chi connectivity index (χ3n) is 5.81. The number of carbonyl (C=O) groups excluding carboxylic acids is 2. The van der Waals surface area contributed by atoms with Crippen molar-refractivity contribution in [3.05, 3.63) is 59.7 Å². The van der Waals surface area contributed by atoms with Crippen LogP contribution in [0, 0.1) is 6.92 Å². The quantitative estimate of drug-likeness (QED) is 0.441. The van der Waals surface area contributed by atoms with Crippen LogP contribution in [0.5, 0.6) is 5.75 Å². The highest BCUT2D eigenvalue weighted by Gasteiger charge is 2.30. The predicted octanol–water partition coefficient (Wildman–Crippen LogP) is 4.27. The lowest BCUT2D eigenvalue weighted by molar-refractivity contribution is -0.142. The molecule has 0 saturated heterocycles. The number of anilines is 1. The summed E-state index contributed by atoms with van der Waals surface area (Å²) in [5.74, 6) is 0.142. The molecule has 2 rings (SSSR count). The first-order chi connectivity index (χ1) is 17.2. The maximum absolute atomic E-state index is 13.5. The fraction of sp³-hybridized carbons (Fsp3) is 0.500. The SMILES string of the molecule is CCC(C(=O)NC(C)(C)C)N(Cc1cccc(C)c1)C(=O)CCCN(c1cccc(OC)c1)S(C)(=O)=O. The van der Waals surface area contributed by atoms with Crippen molar-refractivity contribution in [2.24, 2.45) is 0 Å². The first kappa shape index (κ1) is 30.2. The zero-order chi connectivity index (χ0) is 27.8. The normalized spacial score (nSPS) is 12.5. The number of hydrogen-bond acceptors (Lipinski definition) is 5. The van der Waals surface area contributed by atoms with Crippen LogP contribution >= 0.6 is 0 Å². The molecule has 0 aromatic heterocycles. The van der Waals surface area contributed by atoms with Crippen molar-refractivity contribution in [3.63, 3.8) is 0 Å². The zero-order valence-electron chi connectivity index (χ0n) is 23.1. The van der Waals surface area contributed by atoms with Crippen LogP contribution in [-0.4, -0.2) is 56.6 Å². The van der Waals surface area contributed by atoms with Gasteiger partial charge in [0.25, 0.3) is 0 Å². The van der Waals surface area contributed by atoms with Gasteiger partial charge in [0.1, 0.15) is 11.8 Å². The second-order valence-corrected chi connectivity index (χ2v) is 12.2. The summed E-state index contributed by atoms with van der Waals surface area (Å²) in [6.07, 6.45) is 1.99. The maximum Gasteiger partial charge on any atom is 0.243 e. The summed E-state index contributed by atoms with van der Waals surface area (Å²) in [4.78, 5) is 28.3. The van der Waals surface area contributed by atoms with Crippen LogP contribution in [0.2, 0.25) is 0 Å². The minimum atomic E-state index is -3.58. The molecule has 8 nitrogen and oxygen atoms in total.